The van der Waals surface area contributed by atoms with Crippen LogP contribution in [0.4, 0.5) is 0 Å². The van der Waals surface area contributed by atoms with E-state index in [1.807, 2.05) is 30.3 Å². The van der Waals surface area contributed by atoms with Crippen LogP contribution in [-0.4, -0.2) is 30.6 Å². The Morgan fingerprint density at radius 2 is 2.05 bits per heavy atom. The Morgan fingerprint density at radius 3 is 2.58 bits per heavy atom. The lowest BCUT2D eigenvalue weighted by atomic mass is 10.0. The predicted octanol–water partition coefficient (Wildman–Crippen LogP) is 2.55. The summed E-state index contributed by atoms with van der Waals surface area (Å²) < 4.78 is 10.2. The quantitative estimate of drug-likeness (QED) is 0.356. The van der Waals surface area contributed by atoms with E-state index in [0.29, 0.717) is 12.8 Å². The molecule has 0 aromatic heterocycles. The maximum Gasteiger partial charge on any atom is 0.356 e. The minimum Gasteiger partial charge on any atom is -0.461 e. The topological polar surface area (TPSA) is 68.1 Å². The van der Waals surface area contributed by atoms with Gasteiger partial charge in [-0.1, -0.05) is 35.5 Å². The predicted molar refractivity (Wildman–Crippen MR) is 71.3 cm³/mol. The molecule has 1 rings (SSSR count). The van der Waals surface area contributed by atoms with Crippen LogP contribution in [0.5, 0.6) is 0 Å². The van der Waals surface area contributed by atoms with Crippen molar-refractivity contribution in [2.45, 2.75) is 25.9 Å². The first-order valence-corrected chi connectivity index (χ1v) is 6.18. The van der Waals surface area contributed by atoms with Gasteiger partial charge in [-0.2, -0.15) is 0 Å². The van der Waals surface area contributed by atoms with Crippen LogP contribution in [0.15, 0.2) is 35.5 Å². The van der Waals surface area contributed by atoms with Crippen molar-refractivity contribution in [1.29, 1.82) is 0 Å². The lowest BCUT2D eigenvalue weighted by Crippen LogP contribution is -2.18. The summed E-state index contributed by atoms with van der Waals surface area (Å²) >= 11 is 0. The number of hydrogen-bond acceptors (Lipinski definition) is 5. The van der Waals surface area contributed by atoms with Gasteiger partial charge in [-0.25, -0.2) is 4.79 Å². The third-order valence-electron chi connectivity index (χ3n) is 2.73. The second-order valence-electron chi connectivity index (χ2n) is 3.94. The highest BCUT2D eigenvalue weighted by atomic mass is 16.5. The summed E-state index contributed by atoms with van der Waals surface area (Å²) in [7, 11) is 1.61. The number of hydrogen-bond donors (Lipinski definition) is 1. The molecule has 1 aromatic carbocycles. The highest BCUT2D eigenvalue weighted by molar-refractivity contribution is 6.36. The average Bonchev–Trinajstić information content (AvgIpc) is 2.45. The fraction of sp³-hybridized carbons (Fsp3) is 0.429. The molecule has 0 fully saturated rings. The zero-order valence-electron chi connectivity index (χ0n) is 11.2. The molecule has 1 aromatic rings. The Bertz CT molecular complexity index is 417. The molecule has 0 aliphatic rings. The Labute approximate surface area is 112 Å². The normalized spacial score (nSPS) is 13.1. The summed E-state index contributed by atoms with van der Waals surface area (Å²) in [5.41, 5.74) is 1.03. The zero-order valence-corrected chi connectivity index (χ0v) is 11.2. The number of ether oxygens (including phenoxy) is 2. The standard InChI is InChI=1S/C14H19NO4/c1-3-19-14(16)12(15-17)9-10-13(18-2)11-7-5-4-6-8-11/h4-8,13,17H,3,9-10H2,1-2H3. The van der Waals surface area contributed by atoms with Crippen LogP contribution in [0.2, 0.25) is 0 Å². The summed E-state index contributed by atoms with van der Waals surface area (Å²) in [6.45, 7) is 1.96. The molecule has 0 aliphatic carbocycles. The van der Waals surface area contributed by atoms with Crippen LogP contribution < -0.4 is 0 Å². The fourth-order valence-electron chi connectivity index (χ4n) is 1.76. The first-order chi connectivity index (χ1) is 9.22. The molecule has 0 heterocycles. The third-order valence-corrected chi connectivity index (χ3v) is 2.73. The Morgan fingerprint density at radius 1 is 1.37 bits per heavy atom. The van der Waals surface area contributed by atoms with Crippen molar-refractivity contribution < 1.29 is 19.5 Å². The maximum atomic E-state index is 11.5. The molecule has 0 bridgehead atoms. The molecule has 1 N–H and O–H groups in total. The number of carbonyl (C=O) groups excluding carboxylic acids is 1. The molecule has 0 saturated heterocycles. The first-order valence-electron chi connectivity index (χ1n) is 6.18. The number of carbonyl (C=O) groups is 1. The highest BCUT2D eigenvalue weighted by Crippen LogP contribution is 2.22. The van der Waals surface area contributed by atoms with Crippen LogP contribution in [0, 0.1) is 0 Å². The third kappa shape index (κ3) is 4.71. The minimum atomic E-state index is -0.590. The van der Waals surface area contributed by atoms with Crippen molar-refractivity contribution in [3.63, 3.8) is 0 Å². The molecule has 0 radical (unpaired) electrons. The Hall–Kier alpha value is -1.88. The van der Waals surface area contributed by atoms with Gasteiger partial charge in [-0.15, -0.1) is 0 Å². The SMILES string of the molecule is CCOC(=O)C(CCC(OC)c1ccccc1)=NO. The molecule has 5 nitrogen and oxygen atoms in total. The smallest absolute Gasteiger partial charge is 0.356 e. The second-order valence-corrected chi connectivity index (χ2v) is 3.94. The van der Waals surface area contributed by atoms with Crippen molar-refractivity contribution in [3.05, 3.63) is 35.9 Å². The molecule has 1 unspecified atom stereocenters. The molecule has 0 saturated carbocycles. The Kier molecular flexibility index (Phi) is 6.60. The largest absolute Gasteiger partial charge is 0.461 e. The van der Waals surface area contributed by atoms with Gasteiger partial charge in [-0.3, -0.25) is 0 Å². The van der Waals surface area contributed by atoms with Crippen molar-refractivity contribution >= 4 is 11.7 Å². The van der Waals surface area contributed by atoms with E-state index in [0.717, 1.165) is 5.56 Å². The van der Waals surface area contributed by atoms with E-state index in [2.05, 4.69) is 5.16 Å². The van der Waals surface area contributed by atoms with Gasteiger partial charge in [0.2, 0.25) is 0 Å². The minimum absolute atomic E-state index is 0.0137. The van der Waals surface area contributed by atoms with E-state index in [9.17, 15) is 4.79 Å². The van der Waals surface area contributed by atoms with Crippen LogP contribution in [0.3, 0.4) is 0 Å². The summed E-state index contributed by atoms with van der Waals surface area (Å²) in [4.78, 5) is 11.5. The molecular weight excluding hydrogens is 246 g/mol. The van der Waals surface area contributed by atoms with Crippen molar-refractivity contribution in [1.82, 2.24) is 0 Å². The molecule has 0 spiro atoms. The second kappa shape index (κ2) is 8.26. The number of esters is 1. The van der Waals surface area contributed by atoms with Gasteiger partial charge >= 0.3 is 5.97 Å². The molecule has 0 aliphatic heterocycles. The van der Waals surface area contributed by atoms with Crippen molar-refractivity contribution in [2.75, 3.05) is 13.7 Å². The number of rotatable bonds is 7. The van der Waals surface area contributed by atoms with E-state index in [-0.39, 0.29) is 18.4 Å². The first kappa shape index (κ1) is 15.2. The maximum absolute atomic E-state index is 11.5. The summed E-state index contributed by atoms with van der Waals surface area (Å²) in [5, 5.41) is 11.8. The highest BCUT2D eigenvalue weighted by Gasteiger charge is 2.17. The molecular formula is C14H19NO4. The molecule has 19 heavy (non-hydrogen) atoms. The molecule has 1 atom stereocenters. The molecule has 104 valence electrons. The van der Waals surface area contributed by atoms with Gasteiger partial charge < -0.3 is 14.7 Å². The number of methoxy groups -OCH3 is 1. The summed E-state index contributed by atoms with van der Waals surface area (Å²) in [6, 6.07) is 9.68. The van der Waals surface area contributed by atoms with Gasteiger partial charge in [0.25, 0.3) is 0 Å². The van der Waals surface area contributed by atoms with Crippen LogP contribution in [0.1, 0.15) is 31.4 Å². The number of nitrogens with zero attached hydrogens (tertiary/aromatic N) is 1. The van der Waals surface area contributed by atoms with E-state index < -0.39 is 5.97 Å². The van der Waals surface area contributed by atoms with Crippen molar-refractivity contribution in [2.24, 2.45) is 5.16 Å². The monoisotopic (exact) mass is 265 g/mol. The average molecular weight is 265 g/mol. The van der Waals surface area contributed by atoms with Gasteiger partial charge in [0.15, 0.2) is 5.71 Å². The Balaban J connectivity index is 2.60. The van der Waals surface area contributed by atoms with E-state index >= 15 is 0 Å². The van der Waals surface area contributed by atoms with Gasteiger partial charge in [0, 0.05) is 13.5 Å². The zero-order chi connectivity index (χ0) is 14.1. The number of benzene rings is 1. The summed E-state index contributed by atoms with van der Waals surface area (Å²) in [6.07, 6.45) is 0.689. The van der Waals surface area contributed by atoms with Gasteiger partial charge in [-0.05, 0) is 18.9 Å². The fourth-order valence-corrected chi connectivity index (χ4v) is 1.76. The lowest BCUT2D eigenvalue weighted by Gasteiger charge is -2.15. The van der Waals surface area contributed by atoms with Crippen LogP contribution in [0.25, 0.3) is 0 Å². The van der Waals surface area contributed by atoms with E-state index in [1.165, 1.54) is 0 Å². The summed E-state index contributed by atoms with van der Waals surface area (Å²) in [5.74, 6) is -0.590. The van der Waals surface area contributed by atoms with E-state index in [1.54, 1.807) is 14.0 Å². The van der Waals surface area contributed by atoms with Crippen LogP contribution >= 0.6 is 0 Å². The number of oxime groups is 1. The molecule has 5 heteroatoms. The van der Waals surface area contributed by atoms with Gasteiger partial charge in [0.1, 0.15) is 0 Å². The lowest BCUT2D eigenvalue weighted by molar-refractivity contribution is -0.135. The van der Waals surface area contributed by atoms with Crippen LogP contribution in [-0.2, 0) is 14.3 Å². The van der Waals surface area contributed by atoms with Crippen molar-refractivity contribution in [3.8, 4) is 0 Å². The van der Waals surface area contributed by atoms with Gasteiger partial charge in [0.05, 0.1) is 12.7 Å². The van der Waals surface area contributed by atoms with E-state index in [4.69, 9.17) is 14.7 Å². The molecule has 0 amide bonds.